The number of nitrogen functional groups attached to an aromatic ring is 1. The average molecular weight is 263 g/mol. The Balaban J connectivity index is 2.36. The average Bonchev–Trinajstić information content (AvgIpc) is 2.36. The Kier molecular flexibility index (Phi) is 3.95. The number of anilines is 2. The molecule has 2 rings (SSSR count). The van der Waals surface area contributed by atoms with E-state index < -0.39 is 0 Å². The quantitative estimate of drug-likeness (QED) is 0.788. The van der Waals surface area contributed by atoms with Crippen LogP contribution in [0, 0.1) is 0 Å². The van der Waals surface area contributed by atoms with E-state index in [1.807, 2.05) is 19.9 Å². The molecule has 2 atom stereocenters. The van der Waals surface area contributed by atoms with Gasteiger partial charge in [-0.05, 0) is 32.0 Å². The Morgan fingerprint density at radius 3 is 2.58 bits per heavy atom. The minimum Gasteiger partial charge on any atom is -0.399 e. The molecule has 1 aliphatic rings. The number of nitrogens with zero attached hydrogens (tertiary/aromatic N) is 1. The number of morpholine rings is 1. The molecule has 1 aliphatic heterocycles. The number of hydrogen-bond acceptors (Lipinski definition) is 4. The summed E-state index contributed by atoms with van der Waals surface area (Å²) >= 11 is 0. The smallest absolute Gasteiger partial charge is 0.253 e. The Morgan fingerprint density at radius 1 is 1.37 bits per heavy atom. The van der Waals surface area contributed by atoms with E-state index in [9.17, 15) is 4.79 Å². The molecule has 1 amide bonds. The standard InChI is InChI=1S/C14H21N3O2/c1-9-7-17(8-10(2)19-9)13-6-11(15)4-5-12(13)14(18)16-3/h4-6,9-10H,7-8,15H2,1-3H3,(H,16,18). The molecule has 104 valence electrons. The lowest BCUT2D eigenvalue weighted by Crippen LogP contribution is -2.46. The van der Waals surface area contributed by atoms with E-state index in [1.54, 1.807) is 19.2 Å². The van der Waals surface area contributed by atoms with Gasteiger partial charge in [0, 0.05) is 25.8 Å². The van der Waals surface area contributed by atoms with E-state index in [0.717, 1.165) is 18.8 Å². The van der Waals surface area contributed by atoms with Gasteiger partial charge in [-0.25, -0.2) is 0 Å². The zero-order chi connectivity index (χ0) is 14.0. The summed E-state index contributed by atoms with van der Waals surface area (Å²) in [6.45, 7) is 5.60. The molecule has 0 radical (unpaired) electrons. The van der Waals surface area contributed by atoms with Crippen LogP contribution in [0.25, 0.3) is 0 Å². The van der Waals surface area contributed by atoms with Gasteiger partial charge >= 0.3 is 0 Å². The van der Waals surface area contributed by atoms with Gasteiger partial charge in [-0.15, -0.1) is 0 Å². The maximum atomic E-state index is 11.9. The Hall–Kier alpha value is -1.75. The van der Waals surface area contributed by atoms with Gasteiger partial charge in [-0.2, -0.15) is 0 Å². The van der Waals surface area contributed by atoms with Crippen LogP contribution < -0.4 is 16.0 Å². The first-order valence-electron chi connectivity index (χ1n) is 6.53. The first-order chi connectivity index (χ1) is 9.01. The molecular formula is C14H21N3O2. The molecule has 0 saturated carbocycles. The molecule has 19 heavy (non-hydrogen) atoms. The van der Waals surface area contributed by atoms with Crippen LogP contribution in [0.4, 0.5) is 11.4 Å². The van der Waals surface area contributed by atoms with Gasteiger partial charge in [0.2, 0.25) is 0 Å². The van der Waals surface area contributed by atoms with Gasteiger partial charge in [0.05, 0.1) is 23.5 Å². The van der Waals surface area contributed by atoms with Crippen molar-refractivity contribution in [1.29, 1.82) is 0 Å². The summed E-state index contributed by atoms with van der Waals surface area (Å²) in [6.07, 6.45) is 0.283. The van der Waals surface area contributed by atoms with Crippen molar-refractivity contribution >= 4 is 17.3 Å². The van der Waals surface area contributed by atoms with Crippen LogP contribution in [0.5, 0.6) is 0 Å². The SMILES string of the molecule is CNC(=O)c1ccc(N)cc1N1CC(C)OC(C)C1. The van der Waals surface area contributed by atoms with E-state index in [2.05, 4.69) is 10.2 Å². The third kappa shape index (κ3) is 2.98. The number of nitrogens with one attached hydrogen (secondary N) is 1. The van der Waals surface area contributed by atoms with Crippen molar-refractivity contribution in [3.8, 4) is 0 Å². The highest BCUT2D eigenvalue weighted by Crippen LogP contribution is 2.26. The van der Waals surface area contributed by atoms with Gasteiger partial charge in [-0.3, -0.25) is 4.79 Å². The van der Waals surface area contributed by atoms with Crippen LogP contribution in [0.15, 0.2) is 18.2 Å². The Labute approximate surface area is 113 Å². The van der Waals surface area contributed by atoms with E-state index in [0.29, 0.717) is 11.3 Å². The molecule has 1 aromatic rings. The molecule has 1 aromatic carbocycles. The van der Waals surface area contributed by atoms with Crippen molar-refractivity contribution in [2.45, 2.75) is 26.1 Å². The highest BCUT2D eigenvalue weighted by atomic mass is 16.5. The fraction of sp³-hybridized carbons (Fsp3) is 0.500. The summed E-state index contributed by atoms with van der Waals surface area (Å²) in [7, 11) is 1.63. The zero-order valence-corrected chi connectivity index (χ0v) is 11.6. The topological polar surface area (TPSA) is 67.6 Å². The molecule has 1 fully saturated rings. The third-order valence-corrected chi connectivity index (χ3v) is 3.25. The van der Waals surface area contributed by atoms with Gasteiger partial charge in [0.25, 0.3) is 5.91 Å². The number of rotatable bonds is 2. The lowest BCUT2D eigenvalue weighted by Gasteiger charge is -2.37. The minimum absolute atomic E-state index is 0.0956. The molecule has 0 spiro atoms. The second-order valence-electron chi connectivity index (χ2n) is 5.02. The summed E-state index contributed by atoms with van der Waals surface area (Å²) in [6, 6.07) is 5.38. The first kappa shape index (κ1) is 13.7. The zero-order valence-electron chi connectivity index (χ0n) is 11.6. The largest absolute Gasteiger partial charge is 0.399 e. The normalized spacial score (nSPS) is 23.2. The van der Waals surface area contributed by atoms with Crippen LogP contribution in [-0.4, -0.2) is 38.3 Å². The second-order valence-corrected chi connectivity index (χ2v) is 5.02. The molecular weight excluding hydrogens is 242 g/mol. The van der Waals surface area contributed by atoms with Crippen molar-refractivity contribution in [3.05, 3.63) is 23.8 Å². The van der Waals surface area contributed by atoms with Crippen molar-refractivity contribution in [3.63, 3.8) is 0 Å². The predicted molar refractivity (Wildman–Crippen MR) is 76.5 cm³/mol. The van der Waals surface area contributed by atoms with Gasteiger partial charge < -0.3 is 20.7 Å². The maximum Gasteiger partial charge on any atom is 0.253 e. The molecule has 3 N–H and O–H groups in total. The van der Waals surface area contributed by atoms with Crippen LogP contribution in [0.1, 0.15) is 24.2 Å². The van der Waals surface area contributed by atoms with Crippen molar-refractivity contribution in [2.24, 2.45) is 0 Å². The minimum atomic E-state index is -0.0956. The van der Waals surface area contributed by atoms with Gasteiger partial charge in [0.15, 0.2) is 0 Å². The van der Waals surface area contributed by atoms with Crippen LogP contribution in [-0.2, 0) is 4.74 Å². The fourth-order valence-corrected chi connectivity index (χ4v) is 2.51. The maximum absolute atomic E-state index is 11.9. The molecule has 1 heterocycles. The molecule has 0 aromatic heterocycles. The number of benzene rings is 1. The highest BCUT2D eigenvalue weighted by molar-refractivity contribution is 6.00. The van der Waals surface area contributed by atoms with Crippen LogP contribution >= 0.6 is 0 Å². The Morgan fingerprint density at radius 2 is 2.00 bits per heavy atom. The van der Waals surface area contributed by atoms with Crippen molar-refractivity contribution < 1.29 is 9.53 Å². The second kappa shape index (κ2) is 5.48. The number of amides is 1. The monoisotopic (exact) mass is 263 g/mol. The molecule has 5 nitrogen and oxygen atoms in total. The number of nitrogens with two attached hydrogens (primary N) is 1. The lowest BCUT2D eigenvalue weighted by atomic mass is 10.1. The summed E-state index contributed by atoms with van der Waals surface area (Å²) in [4.78, 5) is 14.1. The number of ether oxygens (including phenoxy) is 1. The van der Waals surface area contributed by atoms with Gasteiger partial charge in [-0.1, -0.05) is 0 Å². The van der Waals surface area contributed by atoms with E-state index in [1.165, 1.54) is 0 Å². The number of carbonyl (C=O) groups is 1. The number of carbonyl (C=O) groups excluding carboxylic acids is 1. The van der Waals surface area contributed by atoms with Crippen molar-refractivity contribution in [1.82, 2.24) is 5.32 Å². The third-order valence-electron chi connectivity index (χ3n) is 3.25. The summed E-state index contributed by atoms with van der Waals surface area (Å²) < 4.78 is 5.72. The summed E-state index contributed by atoms with van der Waals surface area (Å²) in [5, 5.41) is 2.66. The molecule has 2 unspecified atom stereocenters. The van der Waals surface area contributed by atoms with Gasteiger partial charge in [0.1, 0.15) is 0 Å². The van der Waals surface area contributed by atoms with E-state index in [4.69, 9.17) is 10.5 Å². The molecule has 5 heteroatoms. The predicted octanol–water partition coefficient (Wildman–Crippen LogP) is 1.24. The van der Waals surface area contributed by atoms with Crippen molar-refractivity contribution in [2.75, 3.05) is 30.8 Å². The summed E-state index contributed by atoms with van der Waals surface area (Å²) in [5.41, 5.74) is 8.04. The van der Waals surface area contributed by atoms with Crippen LogP contribution in [0.3, 0.4) is 0 Å². The molecule has 0 bridgehead atoms. The first-order valence-corrected chi connectivity index (χ1v) is 6.53. The highest BCUT2D eigenvalue weighted by Gasteiger charge is 2.25. The van der Waals surface area contributed by atoms with Crippen LogP contribution in [0.2, 0.25) is 0 Å². The molecule has 0 aliphatic carbocycles. The van der Waals surface area contributed by atoms with E-state index >= 15 is 0 Å². The lowest BCUT2D eigenvalue weighted by molar-refractivity contribution is -0.00527. The van der Waals surface area contributed by atoms with E-state index in [-0.39, 0.29) is 18.1 Å². The summed E-state index contributed by atoms with van der Waals surface area (Å²) in [5.74, 6) is -0.0956. The molecule has 1 saturated heterocycles. The fourth-order valence-electron chi connectivity index (χ4n) is 2.51. The Bertz CT molecular complexity index is 466. The number of hydrogen-bond donors (Lipinski definition) is 2.